The first-order valence-corrected chi connectivity index (χ1v) is 6.64. The molecule has 1 amide bonds. The van der Waals surface area contributed by atoms with Crippen molar-refractivity contribution in [1.82, 2.24) is 4.90 Å². The molecule has 1 aromatic rings. The number of carbonyl (C=O) groups is 2. The Labute approximate surface area is 120 Å². The zero-order valence-corrected chi connectivity index (χ0v) is 12.5. The van der Waals surface area contributed by atoms with Gasteiger partial charge in [0.2, 0.25) is 0 Å². The van der Waals surface area contributed by atoms with E-state index in [1.54, 1.807) is 26.1 Å². The van der Waals surface area contributed by atoms with Crippen LogP contribution in [-0.4, -0.2) is 51.1 Å². The molecule has 1 rings (SSSR count). The SMILES string of the molecule is CCOC(=O)CCN(C)C(=O)c1ccc(N(C)C)cc1. The van der Waals surface area contributed by atoms with Gasteiger partial charge < -0.3 is 14.5 Å². The molecular weight excluding hydrogens is 256 g/mol. The summed E-state index contributed by atoms with van der Waals surface area (Å²) in [6, 6.07) is 7.37. The van der Waals surface area contributed by atoms with Crippen molar-refractivity contribution in [2.75, 3.05) is 39.2 Å². The lowest BCUT2D eigenvalue weighted by Gasteiger charge is -2.18. The van der Waals surface area contributed by atoms with Crippen LogP contribution in [0.3, 0.4) is 0 Å². The molecule has 0 fully saturated rings. The summed E-state index contributed by atoms with van der Waals surface area (Å²) in [5.41, 5.74) is 1.65. The molecule has 0 bridgehead atoms. The quantitative estimate of drug-likeness (QED) is 0.744. The van der Waals surface area contributed by atoms with Gasteiger partial charge in [-0.2, -0.15) is 0 Å². The van der Waals surface area contributed by atoms with Gasteiger partial charge in [0, 0.05) is 38.9 Å². The van der Waals surface area contributed by atoms with Crippen molar-refractivity contribution in [2.45, 2.75) is 13.3 Å². The van der Waals surface area contributed by atoms with Crippen LogP contribution in [0.2, 0.25) is 0 Å². The second-order valence-electron chi connectivity index (χ2n) is 4.72. The third kappa shape index (κ3) is 4.57. The Morgan fingerprint density at radius 1 is 1.10 bits per heavy atom. The van der Waals surface area contributed by atoms with Gasteiger partial charge in [-0.05, 0) is 31.2 Å². The highest BCUT2D eigenvalue weighted by Crippen LogP contribution is 2.13. The molecule has 0 aliphatic carbocycles. The smallest absolute Gasteiger partial charge is 0.307 e. The number of nitrogens with zero attached hydrogens (tertiary/aromatic N) is 2. The third-order valence-electron chi connectivity index (χ3n) is 2.93. The first kappa shape index (κ1) is 16.0. The van der Waals surface area contributed by atoms with E-state index in [-0.39, 0.29) is 18.3 Å². The Morgan fingerprint density at radius 3 is 2.20 bits per heavy atom. The highest BCUT2D eigenvalue weighted by molar-refractivity contribution is 5.94. The van der Waals surface area contributed by atoms with Crippen LogP contribution >= 0.6 is 0 Å². The third-order valence-corrected chi connectivity index (χ3v) is 2.93. The molecule has 110 valence electrons. The maximum absolute atomic E-state index is 12.2. The minimum absolute atomic E-state index is 0.0976. The summed E-state index contributed by atoms with van der Waals surface area (Å²) in [7, 11) is 5.58. The number of esters is 1. The molecule has 0 N–H and O–H groups in total. The highest BCUT2D eigenvalue weighted by atomic mass is 16.5. The van der Waals surface area contributed by atoms with E-state index < -0.39 is 0 Å². The van der Waals surface area contributed by atoms with Crippen molar-refractivity contribution in [3.63, 3.8) is 0 Å². The van der Waals surface area contributed by atoms with E-state index in [4.69, 9.17) is 4.74 Å². The summed E-state index contributed by atoms with van der Waals surface area (Å²) >= 11 is 0. The van der Waals surface area contributed by atoms with Crippen molar-refractivity contribution in [3.8, 4) is 0 Å². The summed E-state index contributed by atoms with van der Waals surface area (Å²) in [6.45, 7) is 2.48. The van der Waals surface area contributed by atoms with Crippen molar-refractivity contribution in [1.29, 1.82) is 0 Å². The highest BCUT2D eigenvalue weighted by Gasteiger charge is 2.13. The van der Waals surface area contributed by atoms with Crippen LogP contribution in [0, 0.1) is 0 Å². The molecule has 0 radical (unpaired) electrons. The molecule has 0 unspecified atom stereocenters. The number of ether oxygens (including phenoxy) is 1. The second-order valence-corrected chi connectivity index (χ2v) is 4.72. The van der Waals surface area contributed by atoms with Gasteiger partial charge in [0.15, 0.2) is 0 Å². The van der Waals surface area contributed by atoms with Crippen molar-refractivity contribution < 1.29 is 14.3 Å². The maximum atomic E-state index is 12.2. The molecule has 0 atom stereocenters. The van der Waals surface area contributed by atoms with Gasteiger partial charge in [-0.1, -0.05) is 0 Å². The van der Waals surface area contributed by atoms with Crippen molar-refractivity contribution in [3.05, 3.63) is 29.8 Å². The van der Waals surface area contributed by atoms with Crippen LogP contribution in [0.1, 0.15) is 23.7 Å². The van der Waals surface area contributed by atoms with Gasteiger partial charge in [0.1, 0.15) is 0 Å². The molecule has 0 aliphatic heterocycles. The van der Waals surface area contributed by atoms with Crippen molar-refractivity contribution >= 4 is 17.6 Å². The lowest BCUT2D eigenvalue weighted by Crippen LogP contribution is -2.29. The monoisotopic (exact) mass is 278 g/mol. The fraction of sp³-hybridized carbons (Fsp3) is 0.467. The topological polar surface area (TPSA) is 49.9 Å². The Bertz CT molecular complexity index is 455. The van der Waals surface area contributed by atoms with E-state index >= 15 is 0 Å². The number of amides is 1. The zero-order valence-electron chi connectivity index (χ0n) is 12.5. The minimum Gasteiger partial charge on any atom is -0.466 e. The summed E-state index contributed by atoms with van der Waals surface area (Å²) in [4.78, 5) is 26.9. The lowest BCUT2D eigenvalue weighted by molar-refractivity contribution is -0.143. The Kier molecular flexibility index (Phi) is 6.03. The maximum Gasteiger partial charge on any atom is 0.307 e. The fourth-order valence-electron chi connectivity index (χ4n) is 1.72. The average Bonchev–Trinajstić information content (AvgIpc) is 2.44. The standard InChI is InChI=1S/C15H22N2O3/c1-5-20-14(18)10-11-17(4)15(19)12-6-8-13(9-7-12)16(2)3/h6-9H,5,10-11H2,1-4H3. The summed E-state index contributed by atoms with van der Waals surface area (Å²) in [5, 5.41) is 0. The van der Waals surface area contributed by atoms with Gasteiger partial charge in [-0.25, -0.2) is 0 Å². The van der Waals surface area contributed by atoms with Crippen molar-refractivity contribution in [2.24, 2.45) is 0 Å². The molecule has 0 saturated carbocycles. The van der Waals surface area contributed by atoms with Crippen LogP contribution in [0.4, 0.5) is 5.69 Å². The molecule has 0 heterocycles. The summed E-state index contributed by atoms with van der Waals surface area (Å²) in [5.74, 6) is -0.380. The van der Waals surface area contributed by atoms with E-state index in [0.717, 1.165) is 5.69 Å². The predicted octanol–water partition coefficient (Wildman–Crippen LogP) is 1.78. The van der Waals surface area contributed by atoms with Crippen LogP contribution in [0.15, 0.2) is 24.3 Å². The molecule has 5 nitrogen and oxygen atoms in total. The molecule has 0 spiro atoms. The first-order chi connectivity index (χ1) is 9.45. The largest absolute Gasteiger partial charge is 0.466 e. The van der Waals surface area contributed by atoms with Gasteiger partial charge >= 0.3 is 5.97 Å². The molecule has 0 aromatic heterocycles. The number of hydrogen-bond donors (Lipinski definition) is 0. The van der Waals surface area contributed by atoms with E-state index in [2.05, 4.69) is 0 Å². The average molecular weight is 278 g/mol. The van der Waals surface area contributed by atoms with Crippen LogP contribution in [-0.2, 0) is 9.53 Å². The van der Waals surface area contributed by atoms with Gasteiger partial charge in [-0.3, -0.25) is 9.59 Å². The normalized spacial score (nSPS) is 10.0. The molecule has 1 aromatic carbocycles. The molecular formula is C15H22N2O3. The lowest BCUT2D eigenvalue weighted by atomic mass is 10.1. The van der Waals surface area contributed by atoms with Gasteiger partial charge in [-0.15, -0.1) is 0 Å². The zero-order chi connectivity index (χ0) is 15.1. The Morgan fingerprint density at radius 2 is 1.70 bits per heavy atom. The van der Waals surface area contributed by atoms with E-state index in [1.807, 2.05) is 31.1 Å². The van der Waals surface area contributed by atoms with Crippen LogP contribution < -0.4 is 4.90 Å². The predicted molar refractivity (Wildman–Crippen MR) is 79.0 cm³/mol. The molecule has 20 heavy (non-hydrogen) atoms. The van der Waals surface area contributed by atoms with E-state index in [0.29, 0.717) is 18.7 Å². The molecule has 0 aliphatic rings. The van der Waals surface area contributed by atoms with E-state index in [9.17, 15) is 9.59 Å². The summed E-state index contributed by atoms with van der Waals surface area (Å²) < 4.78 is 4.84. The summed E-state index contributed by atoms with van der Waals surface area (Å²) in [6.07, 6.45) is 0.214. The minimum atomic E-state index is -0.282. The molecule has 0 saturated heterocycles. The van der Waals surface area contributed by atoms with Crippen LogP contribution in [0.5, 0.6) is 0 Å². The first-order valence-electron chi connectivity index (χ1n) is 6.64. The van der Waals surface area contributed by atoms with Crippen LogP contribution in [0.25, 0.3) is 0 Å². The number of benzene rings is 1. The van der Waals surface area contributed by atoms with E-state index in [1.165, 1.54) is 4.90 Å². The fourth-order valence-corrected chi connectivity index (χ4v) is 1.72. The van der Waals surface area contributed by atoms with Gasteiger partial charge in [0.05, 0.1) is 13.0 Å². The van der Waals surface area contributed by atoms with Gasteiger partial charge in [0.25, 0.3) is 5.91 Å². The number of rotatable bonds is 6. The number of hydrogen-bond acceptors (Lipinski definition) is 4. The number of carbonyl (C=O) groups excluding carboxylic acids is 2. The number of anilines is 1. The Balaban J connectivity index is 2.58. The molecule has 5 heteroatoms. The second kappa shape index (κ2) is 7.53. The Hall–Kier alpha value is -2.04.